The number of fused-ring (bicyclic) bond motifs is 6. The first-order valence-corrected chi connectivity index (χ1v) is 13.1. The Kier molecular flexibility index (Phi) is 4.53. The fourth-order valence-electron chi connectivity index (χ4n) is 6.47. The second-order valence-electron chi connectivity index (χ2n) is 10.1. The maximum absolute atomic E-state index is 4.45. The highest BCUT2D eigenvalue weighted by atomic mass is 15.2. The van der Waals surface area contributed by atoms with Gasteiger partial charge in [0, 0.05) is 46.5 Å². The highest BCUT2D eigenvalue weighted by Crippen LogP contribution is 2.44. The van der Waals surface area contributed by atoms with E-state index in [1.165, 1.54) is 66.8 Å². The SMILES string of the molecule is Cc1cc2c3c(c1)N(c1ccccc1)c1ccc4cnccc4c1B3c1ccccc1N2c1ccccc1. The van der Waals surface area contributed by atoms with Crippen molar-refractivity contribution < 1.29 is 0 Å². The van der Waals surface area contributed by atoms with Gasteiger partial charge in [0.05, 0.1) is 0 Å². The molecule has 0 saturated heterocycles. The van der Waals surface area contributed by atoms with Crippen molar-refractivity contribution in [1.29, 1.82) is 0 Å². The largest absolute Gasteiger partial charge is 0.311 e. The zero-order valence-corrected chi connectivity index (χ0v) is 21.0. The van der Waals surface area contributed by atoms with Crippen LogP contribution < -0.4 is 26.2 Å². The van der Waals surface area contributed by atoms with Gasteiger partial charge >= 0.3 is 0 Å². The van der Waals surface area contributed by atoms with Gasteiger partial charge in [-0.05, 0) is 94.2 Å². The Labute approximate surface area is 222 Å². The van der Waals surface area contributed by atoms with Crippen molar-refractivity contribution in [3.8, 4) is 0 Å². The minimum atomic E-state index is 0.109. The van der Waals surface area contributed by atoms with Crippen molar-refractivity contribution in [1.82, 2.24) is 4.98 Å². The predicted octanol–water partition coefficient (Wildman–Crippen LogP) is 6.63. The van der Waals surface area contributed by atoms with Gasteiger partial charge in [-0.1, -0.05) is 60.7 Å². The first kappa shape index (κ1) is 21.3. The van der Waals surface area contributed by atoms with E-state index in [9.17, 15) is 0 Å². The lowest BCUT2D eigenvalue weighted by Crippen LogP contribution is -2.61. The second kappa shape index (κ2) is 8.09. The standard InChI is InChI=1S/C34H24BN3/c1-23-20-31-34-32(21-23)38(26-12-6-3-7-13-26)30-17-16-24-22-36-19-18-27(24)33(30)35(34)28-14-8-9-15-29(28)37(31)25-10-4-2-5-11-25/h2-22H,1H3. The van der Waals surface area contributed by atoms with Crippen LogP contribution in [0, 0.1) is 6.92 Å². The van der Waals surface area contributed by atoms with E-state index >= 15 is 0 Å². The predicted molar refractivity (Wildman–Crippen MR) is 161 cm³/mol. The summed E-state index contributed by atoms with van der Waals surface area (Å²) < 4.78 is 0. The second-order valence-corrected chi connectivity index (χ2v) is 10.1. The van der Waals surface area contributed by atoms with Gasteiger partial charge in [0.15, 0.2) is 0 Å². The first-order chi connectivity index (χ1) is 18.8. The molecule has 0 bridgehead atoms. The molecular formula is C34H24BN3. The lowest BCUT2D eigenvalue weighted by atomic mass is 9.33. The average molecular weight is 485 g/mol. The summed E-state index contributed by atoms with van der Waals surface area (Å²) in [7, 11) is 0. The fraction of sp³-hybridized carbons (Fsp3) is 0.0294. The minimum Gasteiger partial charge on any atom is -0.311 e. The molecule has 2 aliphatic heterocycles. The smallest absolute Gasteiger partial charge is 0.252 e. The molecule has 6 aromatic rings. The van der Waals surface area contributed by atoms with E-state index < -0.39 is 0 Å². The van der Waals surface area contributed by atoms with Gasteiger partial charge in [0.25, 0.3) is 6.71 Å². The molecular weight excluding hydrogens is 461 g/mol. The van der Waals surface area contributed by atoms with E-state index in [0.29, 0.717) is 0 Å². The van der Waals surface area contributed by atoms with Gasteiger partial charge in [-0.2, -0.15) is 0 Å². The van der Waals surface area contributed by atoms with Crippen LogP contribution in [0.4, 0.5) is 34.1 Å². The zero-order valence-electron chi connectivity index (χ0n) is 21.0. The van der Waals surface area contributed by atoms with Crippen molar-refractivity contribution in [2.75, 3.05) is 9.80 Å². The van der Waals surface area contributed by atoms with Crippen molar-refractivity contribution in [3.05, 3.63) is 133 Å². The molecule has 2 aliphatic rings. The molecule has 1 aromatic heterocycles. The molecule has 5 aromatic carbocycles. The van der Waals surface area contributed by atoms with Crippen LogP contribution >= 0.6 is 0 Å². The summed E-state index contributed by atoms with van der Waals surface area (Å²) in [5, 5.41) is 2.42. The van der Waals surface area contributed by atoms with E-state index in [-0.39, 0.29) is 6.71 Å². The molecule has 0 unspecified atom stereocenters. The number of aryl methyl sites for hydroxylation is 1. The van der Waals surface area contributed by atoms with Gasteiger partial charge < -0.3 is 9.80 Å². The van der Waals surface area contributed by atoms with Crippen molar-refractivity contribution in [2.45, 2.75) is 6.92 Å². The number of hydrogen-bond donors (Lipinski definition) is 0. The van der Waals surface area contributed by atoms with E-state index in [2.05, 4.69) is 137 Å². The highest BCUT2D eigenvalue weighted by Gasteiger charge is 2.43. The Morgan fingerprint density at radius 3 is 1.92 bits per heavy atom. The lowest BCUT2D eigenvalue weighted by Gasteiger charge is -2.44. The third-order valence-corrected chi connectivity index (χ3v) is 7.94. The van der Waals surface area contributed by atoms with Gasteiger partial charge in [-0.25, -0.2) is 0 Å². The van der Waals surface area contributed by atoms with Crippen molar-refractivity contribution in [2.24, 2.45) is 0 Å². The van der Waals surface area contributed by atoms with Gasteiger partial charge in [0.2, 0.25) is 0 Å². The lowest BCUT2D eigenvalue weighted by molar-refractivity contribution is 1.24. The molecule has 38 heavy (non-hydrogen) atoms. The average Bonchev–Trinajstić information content (AvgIpc) is 2.97. The summed E-state index contributed by atoms with van der Waals surface area (Å²) in [5.41, 5.74) is 12.5. The molecule has 3 heterocycles. The third-order valence-electron chi connectivity index (χ3n) is 7.94. The number of pyridine rings is 1. The number of benzene rings is 5. The minimum absolute atomic E-state index is 0.109. The Morgan fingerprint density at radius 2 is 1.21 bits per heavy atom. The summed E-state index contributed by atoms with van der Waals surface area (Å²) in [6, 6.07) is 41.8. The molecule has 3 nitrogen and oxygen atoms in total. The number of hydrogen-bond acceptors (Lipinski definition) is 3. The monoisotopic (exact) mass is 485 g/mol. The van der Waals surface area contributed by atoms with E-state index in [1.54, 1.807) is 0 Å². The van der Waals surface area contributed by atoms with Crippen LogP contribution in [0.25, 0.3) is 10.8 Å². The summed E-state index contributed by atoms with van der Waals surface area (Å²) in [6.45, 7) is 2.32. The van der Waals surface area contributed by atoms with Gasteiger partial charge in [-0.15, -0.1) is 0 Å². The van der Waals surface area contributed by atoms with Crippen LogP contribution in [0.5, 0.6) is 0 Å². The molecule has 8 rings (SSSR count). The van der Waals surface area contributed by atoms with Crippen LogP contribution in [0.3, 0.4) is 0 Å². The Bertz CT molecular complexity index is 1830. The van der Waals surface area contributed by atoms with Gasteiger partial charge in [0.1, 0.15) is 0 Å². The maximum atomic E-state index is 4.45. The molecule has 0 spiro atoms. The first-order valence-electron chi connectivity index (χ1n) is 13.1. The van der Waals surface area contributed by atoms with Gasteiger partial charge in [-0.3, -0.25) is 4.98 Å². The number of para-hydroxylation sites is 3. The van der Waals surface area contributed by atoms with Crippen LogP contribution in [-0.2, 0) is 0 Å². The fourth-order valence-corrected chi connectivity index (χ4v) is 6.47. The topological polar surface area (TPSA) is 19.4 Å². The summed E-state index contributed by atoms with van der Waals surface area (Å²) in [6.07, 6.45) is 3.91. The molecule has 0 N–H and O–H groups in total. The number of nitrogens with zero attached hydrogens (tertiary/aromatic N) is 3. The van der Waals surface area contributed by atoms with Crippen LogP contribution in [0.15, 0.2) is 128 Å². The summed E-state index contributed by atoms with van der Waals surface area (Å²) >= 11 is 0. The molecule has 178 valence electrons. The van der Waals surface area contributed by atoms with Crippen LogP contribution in [0.2, 0.25) is 0 Å². The van der Waals surface area contributed by atoms with E-state index in [0.717, 1.165) is 0 Å². The summed E-state index contributed by atoms with van der Waals surface area (Å²) in [5.74, 6) is 0. The van der Waals surface area contributed by atoms with Crippen molar-refractivity contribution in [3.63, 3.8) is 0 Å². The Hall–Kier alpha value is -4.83. The molecule has 0 fully saturated rings. The number of anilines is 6. The third kappa shape index (κ3) is 2.95. The maximum Gasteiger partial charge on any atom is 0.252 e. The molecule has 0 atom stereocenters. The molecule has 0 amide bonds. The quantitative estimate of drug-likeness (QED) is 0.257. The van der Waals surface area contributed by atoms with Crippen molar-refractivity contribution >= 4 is 68.0 Å². The molecule has 4 heteroatoms. The Morgan fingerprint density at radius 1 is 0.579 bits per heavy atom. The number of rotatable bonds is 2. The molecule has 0 radical (unpaired) electrons. The zero-order chi connectivity index (χ0) is 25.2. The number of aromatic nitrogens is 1. The van der Waals surface area contributed by atoms with E-state index in [4.69, 9.17) is 0 Å². The molecule has 0 saturated carbocycles. The highest BCUT2D eigenvalue weighted by molar-refractivity contribution is 7.01. The van der Waals surface area contributed by atoms with Crippen LogP contribution in [-0.4, -0.2) is 11.7 Å². The normalized spacial score (nSPS) is 13.2. The van der Waals surface area contributed by atoms with E-state index in [1.807, 2.05) is 12.4 Å². The Balaban J connectivity index is 1.54. The summed E-state index contributed by atoms with van der Waals surface area (Å²) in [4.78, 5) is 9.35. The molecule has 0 aliphatic carbocycles. The van der Waals surface area contributed by atoms with Crippen LogP contribution in [0.1, 0.15) is 5.56 Å².